The number of para-hydroxylation sites is 1. The Labute approximate surface area is 279 Å². The molecule has 48 heavy (non-hydrogen) atoms. The number of amides is 6. The number of imidazole rings is 1. The highest BCUT2D eigenvalue weighted by Gasteiger charge is 2.33. The van der Waals surface area contributed by atoms with Crippen molar-refractivity contribution < 1.29 is 28.8 Å². The number of H-pyrrole nitrogens is 2. The molecule has 15 nitrogen and oxygen atoms in total. The van der Waals surface area contributed by atoms with Crippen molar-refractivity contribution in [3.63, 3.8) is 0 Å². The van der Waals surface area contributed by atoms with Crippen molar-refractivity contribution in [1.82, 2.24) is 36.2 Å². The summed E-state index contributed by atoms with van der Waals surface area (Å²) in [5.41, 5.74) is 12.6. The third-order valence-electron chi connectivity index (χ3n) is 8.44. The first-order chi connectivity index (χ1) is 22.8. The van der Waals surface area contributed by atoms with Crippen molar-refractivity contribution in [2.45, 2.75) is 90.4 Å². The molecule has 1 aromatic carbocycles. The smallest absolute Gasteiger partial charge is 0.243 e. The molecule has 6 amide bonds. The lowest BCUT2D eigenvalue weighted by molar-refractivity contribution is -0.135. The van der Waals surface area contributed by atoms with E-state index in [4.69, 9.17) is 11.5 Å². The van der Waals surface area contributed by atoms with E-state index in [1.54, 1.807) is 12.4 Å². The van der Waals surface area contributed by atoms with Crippen LogP contribution in [0.15, 0.2) is 43.0 Å². The Kier molecular flexibility index (Phi) is 13.7. The molecule has 0 unspecified atom stereocenters. The summed E-state index contributed by atoms with van der Waals surface area (Å²) in [5.74, 6) is -4.31. The molecule has 15 heteroatoms. The van der Waals surface area contributed by atoms with Crippen molar-refractivity contribution in [1.29, 1.82) is 0 Å². The fraction of sp³-hybridized carbons (Fsp3) is 0.485. The van der Waals surface area contributed by atoms with Gasteiger partial charge in [-0.25, -0.2) is 4.98 Å². The molecule has 10 N–H and O–H groups in total. The maximum absolute atomic E-state index is 14.0. The van der Waals surface area contributed by atoms with Crippen molar-refractivity contribution in [3.8, 4) is 0 Å². The monoisotopic (exact) mass is 665 g/mol. The first-order valence-electron chi connectivity index (χ1n) is 16.1. The molecule has 0 radical (unpaired) electrons. The van der Waals surface area contributed by atoms with E-state index in [0.29, 0.717) is 17.7 Å². The first-order valence-corrected chi connectivity index (χ1v) is 16.1. The van der Waals surface area contributed by atoms with Gasteiger partial charge in [-0.2, -0.15) is 0 Å². The minimum absolute atomic E-state index is 0.0200. The van der Waals surface area contributed by atoms with Gasteiger partial charge in [0.15, 0.2) is 0 Å². The van der Waals surface area contributed by atoms with Crippen molar-refractivity contribution in [2.24, 2.45) is 23.3 Å². The van der Waals surface area contributed by atoms with Gasteiger partial charge in [0.05, 0.1) is 18.4 Å². The Bertz CT molecular complexity index is 1570. The highest BCUT2D eigenvalue weighted by atomic mass is 16.2. The number of nitrogens with one attached hydrogen (secondary N) is 6. The highest BCUT2D eigenvalue weighted by molar-refractivity contribution is 5.97. The van der Waals surface area contributed by atoms with E-state index in [0.717, 1.165) is 17.3 Å². The number of aromatic amines is 2. The molecule has 6 atom stereocenters. The molecular formula is C33H47N9O6. The Morgan fingerprint density at radius 1 is 0.792 bits per heavy atom. The Morgan fingerprint density at radius 3 is 2.04 bits per heavy atom. The lowest BCUT2D eigenvalue weighted by atomic mass is 9.96. The number of hydrogen-bond donors (Lipinski definition) is 8. The van der Waals surface area contributed by atoms with E-state index in [1.807, 2.05) is 52.0 Å². The van der Waals surface area contributed by atoms with E-state index in [2.05, 4.69) is 36.2 Å². The summed E-state index contributed by atoms with van der Waals surface area (Å²) >= 11 is 0. The number of carbonyl (C=O) groups is 6. The topological polar surface area (TPSA) is 247 Å². The van der Waals surface area contributed by atoms with Crippen molar-refractivity contribution in [3.05, 3.63) is 54.2 Å². The number of rotatable bonds is 19. The van der Waals surface area contributed by atoms with Gasteiger partial charge < -0.3 is 42.7 Å². The van der Waals surface area contributed by atoms with Crippen LogP contribution < -0.4 is 32.7 Å². The van der Waals surface area contributed by atoms with Gasteiger partial charge in [-0.15, -0.1) is 0 Å². The zero-order chi connectivity index (χ0) is 35.4. The van der Waals surface area contributed by atoms with E-state index < -0.39 is 60.1 Å². The summed E-state index contributed by atoms with van der Waals surface area (Å²) in [4.78, 5) is 87.8. The second-order valence-electron chi connectivity index (χ2n) is 12.2. The van der Waals surface area contributed by atoms with Gasteiger partial charge in [0.1, 0.15) is 24.2 Å². The number of nitrogens with two attached hydrogens (primary N) is 2. The Balaban J connectivity index is 1.91. The minimum Gasteiger partial charge on any atom is -0.370 e. The van der Waals surface area contributed by atoms with Crippen LogP contribution in [0.2, 0.25) is 0 Å². The molecule has 0 bridgehead atoms. The molecule has 260 valence electrons. The molecule has 2 heterocycles. The van der Waals surface area contributed by atoms with Gasteiger partial charge in [0.2, 0.25) is 35.4 Å². The number of aromatic nitrogens is 3. The van der Waals surface area contributed by atoms with Crippen LogP contribution in [0.5, 0.6) is 0 Å². The minimum atomic E-state index is -1.41. The van der Waals surface area contributed by atoms with Gasteiger partial charge in [0, 0.05) is 42.6 Å². The summed E-state index contributed by atoms with van der Waals surface area (Å²) in [7, 11) is 0. The summed E-state index contributed by atoms with van der Waals surface area (Å²) in [5, 5.41) is 11.6. The standard InChI is InChI=1S/C33H47N9O6/c1-5-18(3)11-28(44)42-29(19(4)6-2)33(48)41-26(13-21-16-36-17-38-21)32(47)40-25(31(46)39-24(30(35)45)14-27(34)43)12-20-15-37-23-10-8-7-9-22(20)23/h7-10,15-19,24-26,29,37H,5-6,11-14H2,1-4H3,(H2,34,43)(H2,35,45)(H,36,38)(H,39,46)(H,40,47)(H,41,48)(H,42,44)/t18-,19-,24-,25-,26-,29-/m0/s1. The number of hydrogen-bond acceptors (Lipinski definition) is 7. The summed E-state index contributed by atoms with van der Waals surface area (Å²) < 4.78 is 0. The molecule has 0 fully saturated rings. The van der Waals surface area contributed by atoms with Gasteiger partial charge in [0.25, 0.3) is 0 Å². The molecule has 0 saturated carbocycles. The lowest BCUT2D eigenvalue weighted by Crippen LogP contribution is -2.60. The van der Waals surface area contributed by atoms with Crippen LogP contribution in [-0.4, -0.2) is 74.6 Å². The Hall–Kier alpha value is -5.21. The van der Waals surface area contributed by atoms with Crippen LogP contribution in [0.1, 0.15) is 64.6 Å². The van der Waals surface area contributed by atoms with Gasteiger partial charge >= 0.3 is 0 Å². The summed E-state index contributed by atoms with van der Waals surface area (Å²) in [6.07, 6.45) is 5.74. The second-order valence-corrected chi connectivity index (χ2v) is 12.2. The average molecular weight is 666 g/mol. The molecule has 2 aromatic heterocycles. The third-order valence-corrected chi connectivity index (χ3v) is 8.44. The van der Waals surface area contributed by atoms with Crippen molar-refractivity contribution >= 4 is 46.3 Å². The molecule has 3 aromatic rings. The maximum atomic E-state index is 14.0. The van der Waals surface area contributed by atoms with Crippen LogP contribution in [0.3, 0.4) is 0 Å². The van der Waals surface area contributed by atoms with E-state index in [-0.39, 0.29) is 37.0 Å². The fourth-order valence-electron chi connectivity index (χ4n) is 5.18. The summed E-state index contributed by atoms with van der Waals surface area (Å²) in [6, 6.07) is 2.56. The molecule has 0 saturated heterocycles. The average Bonchev–Trinajstić information content (AvgIpc) is 3.71. The molecule has 0 aliphatic carbocycles. The van der Waals surface area contributed by atoms with Gasteiger partial charge in [-0.1, -0.05) is 58.7 Å². The Morgan fingerprint density at radius 2 is 1.44 bits per heavy atom. The lowest BCUT2D eigenvalue weighted by Gasteiger charge is -2.28. The molecule has 3 rings (SSSR count). The summed E-state index contributed by atoms with van der Waals surface area (Å²) in [6.45, 7) is 7.65. The number of carbonyl (C=O) groups excluding carboxylic acids is 6. The molecule has 0 spiro atoms. The van der Waals surface area contributed by atoms with Crippen molar-refractivity contribution in [2.75, 3.05) is 0 Å². The SMILES string of the molecule is CC[C@H](C)CC(=O)N[C@H](C(=O)N[C@@H](Cc1c[nH]cn1)C(=O)N[C@@H](Cc1c[nH]c2ccccc12)C(=O)N[C@@H](CC(N)=O)C(N)=O)[C@@H](C)CC. The number of benzene rings is 1. The number of primary amides is 2. The quantitative estimate of drug-likeness (QED) is 0.0898. The van der Waals surface area contributed by atoms with Crippen LogP contribution in [-0.2, 0) is 41.6 Å². The van der Waals surface area contributed by atoms with Crippen LogP contribution in [0, 0.1) is 11.8 Å². The van der Waals surface area contributed by atoms with E-state index in [9.17, 15) is 28.8 Å². The van der Waals surface area contributed by atoms with E-state index >= 15 is 0 Å². The fourth-order valence-corrected chi connectivity index (χ4v) is 5.18. The third kappa shape index (κ3) is 10.7. The number of fused-ring (bicyclic) bond motifs is 1. The van der Waals surface area contributed by atoms with Crippen LogP contribution >= 0.6 is 0 Å². The van der Waals surface area contributed by atoms with Crippen LogP contribution in [0.4, 0.5) is 0 Å². The van der Waals surface area contributed by atoms with Gasteiger partial charge in [-0.05, 0) is 23.5 Å². The molecule has 0 aliphatic rings. The second kappa shape index (κ2) is 17.6. The molecule has 0 aliphatic heterocycles. The zero-order valence-electron chi connectivity index (χ0n) is 27.8. The zero-order valence-corrected chi connectivity index (χ0v) is 27.8. The predicted molar refractivity (Wildman–Crippen MR) is 179 cm³/mol. The number of nitrogens with zero attached hydrogens (tertiary/aromatic N) is 1. The largest absolute Gasteiger partial charge is 0.370 e. The molecular weight excluding hydrogens is 618 g/mol. The first kappa shape index (κ1) is 37.2. The highest BCUT2D eigenvalue weighted by Crippen LogP contribution is 2.20. The van der Waals surface area contributed by atoms with Crippen LogP contribution in [0.25, 0.3) is 10.9 Å². The maximum Gasteiger partial charge on any atom is 0.243 e. The van der Waals surface area contributed by atoms with Gasteiger partial charge in [-0.3, -0.25) is 28.8 Å². The normalized spacial score (nSPS) is 14.9. The van der Waals surface area contributed by atoms with E-state index in [1.165, 1.54) is 6.33 Å². The predicted octanol–water partition coefficient (Wildman–Crippen LogP) is 0.458.